The topological polar surface area (TPSA) is 29.1 Å². The summed E-state index contributed by atoms with van der Waals surface area (Å²) in [6, 6.07) is 12.3. The number of hydrogen-bond acceptors (Lipinski definition) is 2. The summed E-state index contributed by atoms with van der Waals surface area (Å²) < 4.78 is 12.8. The second-order valence-corrected chi connectivity index (χ2v) is 6.46. The van der Waals surface area contributed by atoms with Crippen molar-refractivity contribution in [2.75, 3.05) is 12.3 Å². The summed E-state index contributed by atoms with van der Waals surface area (Å²) in [5.41, 5.74) is 2.90. The third kappa shape index (κ3) is 5.19. The Morgan fingerprint density at radius 3 is 2.36 bits per heavy atom. The summed E-state index contributed by atoms with van der Waals surface area (Å²) >= 11 is 1.66. The third-order valence-corrected chi connectivity index (χ3v) is 4.27. The van der Waals surface area contributed by atoms with E-state index in [2.05, 4.69) is 11.4 Å². The maximum atomic E-state index is 12.8. The number of benzene rings is 2. The summed E-state index contributed by atoms with van der Waals surface area (Å²) in [6.45, 7) is 4.62. The summed E-state index contributed by atoms with van der Waals surface area (Å²) in [5.74, 6) is 0.641. The van der Waals surface area contributed by atoms with Crippen LogP contribution in [0.5, 0.6) is 0 Å². The molecule has 0 aliphatic carbocycles. The highest BCUT2D eigenvalue weighted by Crippen LogP contribution is 2.18. The van der Waals surface area contributed by atoms with Crippen molar-refractivity contribution in [2.24, 2.45) is 0 Å². The zero-order valence-electron chi connectivity index (χ0n) is 12.9. The van der Waals surface area contributed by atoms with Gasteiger partial charge in [0.15, 0.2) is 0 Å². The summed E-state index contributed by atoms with van der Waals surface area (Å²) in [5, 5.41) is 2.94. The van der Waals surface area contributed by atoms with Crippen LogP contribution in [0.2, 0.25) is 0 Å². The molecule has 0 unspecified atom stereocenters. The zero-order valence-corrected chi connectivity index (χ0v) is 13.7. The van der Waals surface area contributed by atoms with Gasteiger partial charge in [0.2, 0.25) is 0 Å². The molecule has 0 fully saturated rings. The molecule has 0 aromatic heterocycles. The fourth-order valence-electron chi connectivity index (χ4n) is 2.20. The van der Waals surface area contributed by atoms with E-state index in [4.69, 9.17) is 0 Å². The maximum absolute atomic E-state index is 12.8. The lowest BCUT2D eigenvalue weighted by atomic mass is 10.1. The Morgan fingerprint density at radius 1 is 1.09 bits per heavy atom. The number of carbonyl (C=O) groups excluding carboxylic acids is 1. The van der Waals surface area contributed by atoms with Gasteiger partial charge in [-0.15, -0.1) is 11.8 Å². The van der Waals surface area contributed by atoms with Gasteiger partial charge in [-0.2, -0.15) is 0 Å². The van der Waals surface area contributed by atoms with Crippen LogP contribution in [0.15, 0.2) is 47.4 Å². The van der Waals surface area contributed by atoms with Gasteiger partial charge in [-0.3, -0.25) is 4.79 Å². The molecule has 1 N–H and O–H groups in total. The number of nitrogens with one attached hydrogen (secondary N) is 1. The van der Waals surface area contributed by atoms with Crippen LogP contribution in [0.3, 0.4) is 0 Å². The highest BCUT2D eigenvalue weighted by atomic mass is 32.2. The van der Waals surface area contributed by atoms with Crippen LogP contribution in [-0.2, 0) is 0 Å². The molecule has 4 heteroatoms. The van der Waals surface area contributed by atoms with E-state index in [1.807, 2.05) is 26.0 Å². The number of thioether (sulfide) groups is 1. The van der Waals surface area contributed by atoms with E-state index in [9.17, 15) is 9.18 Å². The van der Waals surface area contributed by atoms with E-state index < -0.39 is 0 Å². The van der Waals surface area contributed by atoms with Gasteiger partial charge in [-0.1, -0.05) is 17.2 Å². The Morgan fingerprint density at radius 2 is 1.73 bits per heavy atom. The molecule has 2 aromatic rings. The molecule has 0 radical (unpaired) electrons. The van der Waals surface area contributed by atoms with Crippen molar-refractivity contribution >= 4 is 17.7 Å². The van der Waals surface area contributed by atoms with Crippen molar-refractivity contribution in [1.29, 1.82) is 0 Å². The Hall–Kier alpha value is -1.81. The molecule has 0 aliphatic rings. The van der Waals surface area contributed by atoms with Crippen LogP contribution in [-0.4, -0.2) is 18.2 Å². The Labute approximate surface area is 135 Å². The maximum Gasteiger partial charge on any atom is 0.251 e. The lowest BCUT2D eigenvalue weighted by Gasteiger charge is -2.07. The summed E-state index contributed by atoms with van der Waals surface area (Å²) in [7, 11) is 0. The highest BCUT2D eigenvalue weighted by molar-refractivity contribution is 7.99. The van der Waals surface area contributed by atoms with Crippen molar-refractivity contribution in [3.63, 3.8) is 0 Å². The molecule has 0 bridgehead atoms. The SMILES string of the molecule is Cc1cc(C)cc(C(=O)NCCCSc2ccc(F)cc2)c1. The molecule has 0 saturated carbocycles. The van der Waals surface area contributed by atoms with E-state index in [-0.39, 0.29) is 11.7 Å². The molecule has 2 aromatic carbocycles. The molecule has 0 aliphatic heterocycles. The average Bonchev–Trinajstić information content (AvgIpc) is 2.47. The predicted molar refractivity (Wildman–Crippen MR) is 90.0 cm³/mol. The molecule has 2 nitrogen and oxygen atoms in total. The van der Waals surface area contributed by atoms with Gasteiger partial charge in [-0.05, 0) is 62.4 Å². The Bertz CT molecular complexity index is 620. The second kappa shape index (κ2) is 7.99. The van der Waals surface area contributed by atoms with Crippen LogP contribution in [0.4, 0.5) is 4.39 Å². The van der Waals surface area contributed by atoms with Gasteiger partial charge in [0, 0.05) is 17.0 Å². The first-order chi connectivity index (χ1) is 10.5. The van der Waals surface area contributed by atoms with Gasteiger partial charge in [-0.25, -0.2) is 4.39 Å². The molecule has 0 heterocycles. The van der Waals surface area contributed by atoms with Crippen molar-refractivity contribution in [1.82, 2.24) is 5.32 Å². The minimum absolute atomic E-state index is 0.0291. The molecule has 0 saturated heterocycles. The Balaban J connectivity index is 1.72. The first kappa shape index (κ1) is 16.6. The predicted octanol–water partition coefficient (Wildman–Crippen LogP) is 4.35. The van der Waals surface area contributed by atoms with Gasteiger partial charge >= 0.3 is 0 Å². The van der Waals surface area contributed by atoms with Crippen LogP contribution in [0, 0.1) is 19.7 Å². The largest absolute Gasteiger partial charge is 0.352 e. The third-order valence-electron chi connectivity index (χ3n) is 3.17. The first-order valence-corrected chi connectivity index (χ1v) is 8.28. The summed E-state index contributed by atoms with van der Waals surface area (Å²) in [4.78, 5) is 13.1. The van der Waals surface area contributed by atoms with Crippen molar-refractivity contribution in [3.8, 4) is 0 Å². The highest BCUT2D eigenvalue weighted by Gasteiger charge is 2.05. The monoisotopic (exact) mass is 317 g/mol. The molecule has 0 spiro atoms. The number of rotatable bonds is 6. The quantitative estimate of drug-likeness (QED) is 0.634. The fraction of sp³-hybridized carbons (Fsp3) is 0.278. The molecule has 1 amide bonds. The number of carbonyl (C=O) groups is 1. The number of hydrogen-bond donors (Lipinski definition) is 1. The van der Waals surface area contributed by atoms with Crippen molar-refractivity contribution in [3.05, 3.63) is 65.0 Å². The van der Waals surface area contributed by atoms with E-state index in [0.29, 0.717) is 12.1 Å². The van der Waals surface area contributed by atoms with Crippen molar-refractivity contribution in [2.45, 2.75) is 25.2 Å². The number of halogens is 1. The zero-order chi connectivity index (χ0) is 15.9. The minimum atomic E-state index is -0.218. The standard InChI is InChI=1S/C18H20FNOS/c1-13-10-14(2)12-15(11-13)18(21)20-8-3-9-22-17-6-4-16(19)5-7-17/h4-7,10-12H,3,8-9H2,1-2H3,(H,20,21). The molecular formula is C18H20FNOS. The normalized spacial score (nSPS) is 10.5. The van der Waals surface area contributed by atoms with Gasteiger partial charge in [0.1, 0.15) is 5.82 Å². The Kier molecular flexibility index (Phi) is 6.01. The molecule has 2 rings (SSSR count). The lowest BCUT2D eigenvalue weighted by Crippen LogP contribution is -2.24. The van der Waals surface area contributed by atoms with Crippen LogP contribution >= 0.6 is 11.8 Å². The van der Waals surface area contributed by atoms with Gasteiger partial charge in [0.25, 0.3) is 5.91 Å². The number of aryl methyl sites for hydroxylation is 2. The summed E-state index contributed by atoms with van der Waals surface area (Å²) in [6.07, 6.45) is 0.874. The fourth-order valence-corrected chi connectivity index (χ4v) is 3.06. The first-order valence-electron chi connectivity index (χ1n) is 7.29. The second-order valence-electron chi connectivity index (χ2n) is 5.29. The van der Waals surface area contributed by atoms with Crippen LogP contribution in [0.1, 0.15) is 27.9 Å². The van der Waals surface area contributed by atoms with Gasteiger partial charge in [0.05, 0.1) is 0 Å². The lowest BCUT2D eigenvalue weighted by molar-refractivity contribution is 0.0953. The van der Waals surface area contributed by atoms with E-state index in [0.717, 1.165) is 28.2 Å². The molecule has 0 atom stereocenters. The van der Waals surface area contributed by atoms with E-state index >= 15 is 0 Å². The average molecular weight is 317 g/mol. The van der Waals surface area contributed by atoms with Crippen LogP contribution < -0.4 is 5.32 Å². The molecule has 22 heavy (non-hydrogen) atoms. The smallest absolute Gasteiger partial charge is 0.251 e. The van der Waals surface area contributed by atoms with Crippen LogP contribution in [0.25, 0.3) is 0 Å². The van der Waals surface area contributed by atoms with E-state index in [1.54, 1.807) is 23.9 Å². The molecular weight excluding hydrogens is 297 g/mol. The number of amides is 1. The van der Waals surface area contributed by atoms with E-state index in [1.165, 1.54) is 12.1 Å². The van der Waals surface area contributed by atoms with Gasteiger partial charge < -0.3 is 5.32 Å². The molecule has 116 valence electrons. The minimum Gasteiger partial charge on any atom is -0.352 e. The van der Waals surface area contributed by atoms with Crippen molar-refractivity contribution < 1.29 is 9.18 Å².